The first kappa shape index (κ1) is 12.7. The van der Waals surface area contributed by atoms with E-state index in [2.05, 4.69) is 18.0 Å². The van der Waals surface area contributed by atoms with Crippen LogP contribution in [0.2, 0.25) is 0 Å². The number of piperidine rings is 1. The molecule has 1 aromatic rings. The van der Waals surface area contributed by atoms with Gasteiger partial charge in [0.1, 0.15) is 0 Å². The van der Waals surface area contributed by atoms with Gasteiger partial charge < -0.3 is 14.7 Å². The van der Waals surface area contributed by atoms with E-state index in [0.717, 1.165) is 24.9 Å². The third-order valence-electron chi connectivity index (χ3n) is 6.59. The van der Waals surface area contributed by atoms with E-state index in [1.807, 2.05) is 13.0 Å². The summed E-state index contributed by atoms with van der Waals surface area (Å²) < 4.78 is 6.18. The van der Waals surface area contributed by atoms with Crippen molar-refractivity contribution in [3.8, 4) is 11.5 Å². The summed E-state index contributed by atoms with van der Waals surface area (Å²) in [7, 11) is 2.17. The Kier molecular flexibility index (Phi) is 2.06. The molecule has 4 nitrogen and oxygen atoms in total. The summed E-state index contributed by atoms with van der Waals surface area (Å²) >= 11 is 0. The molecule has 2 aliphatic carbocycles. The van der Waals surface area contributed by atoms with Gasteiger partial charge in [0.2, 0.25) is 0 Å². The van der Waals surface area contributed by atoms with Crippen LogP contribution in [0.4, 0.5) is 0 Å². The summed E-state index contributed by atoms with van der Waals surface area (Å²) in [6.45, 7) is 2.87. The number of likely N-dealkylation sites (N-methyl/N-ethyl adjacent to an activating group) is 1. The van der Waals surface area contributed by atoms with Crippen LogP contribution >= 0.6 is 0 Å². The van der Waals surface area contributed by atoms with Crippen molar-refractivity contribution >= 4 is 5.78 Å². The lowest BCUT2D eigenvalue weighted by atomic mass is 9.49. The molecule has 2 bridgehead atoms. The van der Waals surface area contributed by atoms with Gasteiger partial charge in [0, 0.05) is 17.5 Å². The number of phenols is 1. The molecular weight excluding hydrogens is 278 g/mol. The first-order chi connectivity index (χ1) is 10.5. The third kappa shape index (κ3) is 1.09. The quantitative estimate of drug-likeness (QED) is 0.793. The van der Waals surface area contributed by atoms with Gasteiger partial charge in [-0.3, -0.25) is 4.79 Å². The molecule has 0 saturated carbocycles. The summed E-state index contributed by atoms with van der Waals surface area (Å²) in [6, 6.07) is 4.11. The second-order valence-corrected chi connectivity index (χ2v) is 7.31. The maximum absolute atomic E-state index is 12.7. The molecule has 0 radical (unpaired) electrons. The van der Waals surface area contributed by atoms with E-state index in [4.69, 9.17) is 4.74 Å². The maximum Gasteiger partial charge on any atom is 0.199 e. The SMILES string of the molecule is CN1CC[C@]23c4c5ccc(O)c4O[C@@]2(C)C(=O)C=C[C@H]3[C@H]1C5. The van der Waals surface area contributed by atoms with Crippen LogP contribution in [-0.2, 0) is 16.6 Å². The molecule has 1 spiro atoms. The number of ketones is 1. The van der Waals surface area contributed by atoms with Crippen molar-refractivity contribution in [2.75, 3.05) is 13.6 Å². The number of rotatable bonds is 0. The van der Waals surface area contributed by atoms with Crippen LogP contribution in [-0.4, -0.2) is 41.0 Å². The van der Waals surface area contributed by atoms with Crippen LogP contribution in [0.3, 0.4) is 0 Å². The summed E-state index contributed by atoms with van der Waals surface area (Å²) in [4.78, 5) is 15.1. The molecule has 1 fully saturated rings. The minimum Gasteiger partial charge on any atom is -0.504 e. The van der Waals surface area contributed by atoms with Crippen LogP contribution in [0.15, 0.2) is 24.3 Å². The lowest BCUT2D eigenvalue weighted by Gasteiger charge is -2.58. The molecule has 1 saturated heterocycles. The van der Waals surface area contributed by atoms with E-state index in [1.54, 1.807) is 12.1 Å². The number of aromatic hydroxyl groups is 1. The van der Waals surface area contributed by atoms with Gasteiger partial charge >= 0.3 is 0 Å². The number of hydrogen-bond acceptors (Lipinski definition) is 4. The zero-order chi connectivity index (χ0) is 15.3. The topological polar surface area (TPSA) is 49.8 Å². The number of ether oxygens (including phenoxy) is 1. The first-order valence-electron chi connectivity index (χ1n) is 7.96. The molecule has 22 heavy (non-hydrogen) atoms. The lowest BCUT2D eigenvalue weighted by molar-refractivity contribution is -0.140. The molecular formula is C18H19NO3. The van der Waals surface area contributed by atoms with Crippen LogP contribution in [0.5, 0.6) is 11.5 Å². The molecule has 0 unspecified atom stereocenters. The minimum atomic E-state index is -0.887. The van der Waals surface area contributed by atoms with Gasteiger partial charge in [0.05, 0.1) is 5.41 Å². The van der Waals surface area contributed by atoms with Crippen LogP contribution in [0, 0.1) is 5.92 Å². The minimum absolute atomic E-state index is 0.0236. The molecule has 5 rings (SSSR count). The molecule has 2 aliphatic heterocycles. The smallest absolute Gasteiger partial charge is 0.199 e. The second kappa shape index (κ2) is 3.57. The Labute approximate surface area is 129 Å². The highest BCUT2D eigenvalue weighted by Gasteiger charge is 2.70. The average Bonchev–Trinajstić information content (AvgIpc) is 2.78. The Morgan fingerprint density at radius 2 is 2.23 bits per heavy atom. The molecule has 4 aliphatic rings. The number of benzene rings is 1. The van der Waals surface area contributed by atoms with Crippen LogP contribution in [0.25, 0.3) is 0 Å². The predicted molar refractivity (Wildman–Crippen MR) is 81.2 cm³/mol. The van der Waals surface area contributed by atoms with Crippen molar-refractivity contribution in [1.82, 2.24) is 4.90 Å². The monoisotopic (exact) mass is 297 g/mol. The van der Waals surface area contributed by atoms with Gasteiger partial charge in [-0.05, 0) is 51.1 Å². The summed E-state index contributed by atoms with van der Waals surface area (Å²) in [5, 5.41) is 10.3. The number of phenolic OH excluding ortho intramolecular Hbond substituents is 1. The summed E-state index contributed by atoms with van der Waals surface area (Å²) in [5.41, 5.74) is 1.12. The molecule has 0 amide bonds. The first-order valence-corrected chi connectivity index (χ1v) is 7.96. The van der Waals surface area contributed by atoms with Crippen molar-refractivity contribution in [1.29, 1.82) is 0 Å². The average molecular weight is 297 g/mol. The number of hydrogen-bond donors (Lipinski definition) is 1. The van der Waals surface area contributed by atoms with Gasteiger partial charge in [-0.25, -0.2) is 0 Å². The molecule has 2 heterocycles. The van der Waals surface area contributed by atoms with Crippen molar-refractivity contribution in [2.24, 2.45) is 5.92 Å². The van der Waals surface area contributed by atoms with Crippen molar-refractivity contribution in [2.45, 2.75) is 36.8 Å². The molecule has 4 atom stereocenters. The van der Waals surface area contributed by atoms with E-state index in [1.165, 1.54) is 5.56 Å². The maximum atomic E-state index is 12.7. The van der Waals surface area contributed by atoms with Gasteiger partial charge in [-0.2, -0.15) is 0 Å². The predicted octanol–water partition coefficient (Wildman–Crippen LogP) is 1.80. The standard InChI is InChI=1S/C18H19NO3/c1-17-14(21)6-4-11-12-9-10-3-5-13(20)16(22-17)15(10)18(11,17)7-8-19(12)2/h3-6,11-12,20H,7-9H2,1-2H3/t11-,12+,17-,18-/m0/s1. The Morgan fingerprint density at radius 1 is 1.41 bits per heavy atom. The van der Waals surface area contributed by atoms with Gasteiger partial charge in [0.25, 0.3) is 0 Å². The Balaban J connectivity index is 1.91. The molecule has 1 aromatic carbocycles. The van der Waals surface area contributed by atoms with E-state index < -0.39 is 5.60 Å². The van der Waals surface area contributed by atoms with E-state index >= 15 is 0 Å². The number of carbonyl (C=O) groups is 1. The van der Waals surface area contributed by atoms with E-state index in [9.17, 15) is 9.90 Å². The zero-order valence-corrected chi connectivity index (χ0v) is 12.8. The van der Waals surface area contributed by atoms with Gasteiger partial charge in [-0.1, -0.05) is 12.1 Å². The van der Waals surface area contributed by atoms with Gasteiger partial charge in [0.15, 0.2) is 22.9 Å². The zero-order valence-electron chi connectivity index (χ0n) is 12.8. The molecule has 0 aromatic heterocycles. The summed E-state index contributed by atoms with van der Waals surface area (Å²) in [6.07, 6.45) is 5.63. The van der Waals surface area contributed by atoms with Crippen molar-refractivity contribution in [3.63, 3.8) is 0 Å². The molecule has 114 valence electrons. The highest BCUT2D eigenvalue weighted by molar-refractivity contribution is 6.01. The Hall–Kier alpha value is -1.81. The Morgan fingerprint density at radius 3 is 3.05 bits per heavy atom. The fourth-order valence-electron chi connectivity index (χ4n) is 5.47. The fraction of sp³-hybridized carbons (Fsp3) is 0.500. The second-order valence-electron chi connectivity index (χ2n) is 7.31. The number of likely N-dealkylation sites (tertiary alicyclic amines) is 1. The number of nitrogens with zero attached hydrogens (tertiary/aromatic N) is 1. The molecule has 1 N–H and O–H groups in total. The van der Waals surface area contributed by atoms with E-state index in [-0.39, 0.29) is 22.9 Å². The van der Waals surface area contributed by atoms with Crippen LogP contribution in [0.1, 0.15) is 24.5 Å². The van der Waals surface area contributed by atoms with Crippen LogP contribution < -0.4 is 4.74 Å². The van der Waals surface area contributed by atoms with Crippen molar-refractivity contribution in [3.05, 3.63) is 35.4 Å². The third-order valence-corrected chi connectivity index (χ3v) is 6.59. The summed E-state index contributed by atoms with van der Waals surface area (Å²) in [5.74, 6) is 0.998. The van der Waals surface area contributed by atoms with E-state index in [0.29, 0.717) is 11.8 Å². The fourth-order valence-corrected chi connectivity index (χ4v) is 5.47. The highest BCUT2D eigenvalue weighted by atomic mass is 16.5. The lowest BCUT2D eigenvalue weighted by Crippen LogP contribution is -2.69. The molecule has 4 heteroatoms. The Bertz CT molecular complexity index is 755. The van der Waals surface area contributed by atoms with Gasteiger partial charge in [-0.15, -0.1) is 0 Å². The highest BCUT2D eigenvalue weighted by Crippen LogP contribution is 2.65. The normalized spacial score (nSPS) is 41.3. The number of carbonyl (C=O) groups excluding carboxylic acids is 1. The largest absolute Gasteiger partial charge is 0.504 e. The van der Waals surface area contributed by atoms with Crippen molar-refractivity contribution < 1.29 is 14.6 Å².